The number of benzene rings is 3. The molecule has 3 atom stereocenters. The molecule has 5 rings (SSSR count). The summed E-state index contributed by atoms with van der Waals surface area (Å²) in [5.41, 5.74) is 2.01. The van der Waals surface area contributed by atoms with E-state index in [2.05, 4.69) is 0 Å². The number of phenolic OH excluding ortho intramolecular Hbond substituents is 1. The smallest absolute Gasteiger partial charge is 0.266 e. The highest BCUT2D eigenvalue weighted by molar-refractivity contribution is 6.23. The van der Waals surface area contributed by atoms with Crippen LogP contribution in [0, 0.1) is 5.92 Å². The van der Waals surface area contributed by atoms with Gasteiger partial charge in [0.25, 0.3) is 5.91 Å². The molecule has 2 amide bonds. The second-order valence-corrected chi connectivity index (χ2v) is 8.10. The van der Waals surface area contributed by atoms with Crippen molar-refractivity contribution in [3.05, 3.63) is 84.4 Å². The number of anilines is 2. The van der Waals surface area contributed by atoms with Crippen LogP contribution in [0.25, 0.3) is 0 Å². The molecule has 7 heteroatoms. The molecular formula is C26H24N2O5. The molecule has 3 aromatic rings. The molecule has 7 nitrogen and oxygen atoms in total. The van der Waals surface area contributed by atoms with Crippen LogP contribution in [0.5, 0.6) is 11.5 Å². The molecule has 1 N–H and O–H groups in total. The number of phenols is 1. The zero-order valence-electron chi connectivity index (χ0n) is 18.1. The fraction of sp³-hybridized carbons (Fsp3) is 0.231. The van der Waals surface area contributed by atoms with Gasteiger partial charge >= 0.3 is 0 Å². The molecule has 0 aliphatic carbocycles. The van der Waals surface area contributed by atoms with Gasteiger partial charge in [0.1, 0.15) is 17.4 Å². The van der Waals surface area contributed by atoms with E-state index in [0.717, 1.165) is 17.7 Å². The number of rotatable bonds is 6. The summed E-state index contributed by atoms with van der Waals surface area (Å²) in [6, 6.07) is 22.4. The average Bonchev–Trinajstić information content (AvgIpc) is 3.35. The normalized spacial score (nSPS) is 22.0. The van der Waals surface area contributed by atoms with Crippen LogP contribution in [0.2, 0.25) is 0 Å². The zero-order chi connectivity index (χ0) is 22.9. The number of imide groups is 1. The molecule has 0 spiro atoms. The molecule has 0 aromatic heterocycles. The quantitative estimate of drug-likeness (QED) is 0.573. The summed E-state index contributed by atoms with van der Waals surface area (Å²) < 4.78 is 5.61. The second kappa shape index (κ2) is 8.60. The van der Waals surface area contributed by atoms with E-state index in [1.807, 2.05) is 37.3 Å². The molecule has 2 aliphatic heterocycles. The van der Waals surface area contributed by atoms with E-state index in [1.165, 1.54) is 4.90 Å². The Hall–Kier alpha value is -3.84. The molecule has 0 radical (unpaired) electrons. The summed E-state index contributed by atoms with van der Waals surface area (Å²) in [7, 11) is 0. The Kier molecular flexibility index (Phi) is 5.48. The zero-order valence-corrected chi connectivity index (χ0v) is 18.1. The lowest BCUT2D eigenvalue weighted by Gasteiger charge is -2.28. The van der Waals surface area contributed by atoms with Crippen molar-refractivity contribution < 1.29 is 24.3 Å². The number of hydrogen-bond acceptors (Lipinski definition) is 6. The van der Waals surface area contributed by atoms with Crippen LogP contribution in [0.3, 0.4) is 0 Å². The molecule has 33 heavy (non-hydrogen) atoms. The van der Waals surface area contributed by atoms with E-state index >= 15 is 0 Å². The molecule has 2 heterocycles. The molecule has 0 unspecified atom stereocenters. The Morgan fingerprint density at radius 1 is 0.879 bits per heavy atom. The molecule has 0 bridgehead atoms. The topological polar surface area (TPSA) is 79.3 Å². The van der Waals surface area contributed by atoms with Gasteiger partial charge in [-0.25, -0.2) is 9.96 Å². The van der Waals surface area contributed by atoms with Crippen molar-refractivity contribution in [1.82, 2.24) is 0 Å². The summed E-state index contributed by atoms with van der Waals surface area (Å²) in [5.74, 6) is -0.619. The number of para-hydroxylation sites is 1. The highest BCUT2D eigenvalue weighted by Crippen LogP contribution is 2.47. The van der Waals surface area contributed by atoms with Crippen LogP contribution in [-0.2, 0) is 14.4 Å². The Labute approximate surface area is 191 Å². The number of nitrogens with zero attached hydrogens (tertiary/aromatic N) is 2. The van der Waals surface area contributed by atoms with E-state index in [4.69, 9.17) is 9.57 Å². The number of hydroxylamine groups is 1. The van der Waals surface area contributed by atoms with Gasteiger partial charge in [-0.05, 0) is 60.5 Å². The number of hydrogen-bond donors (Lipinski definition) is 1. The van der Waals surface area contributed by atoms with Crippen molar-refractivity contribution in [3.63, 3.8) is 0 Å². The number of aromatic hydroxyl groups is 1. The van der Waals surface area contributed by atoms with E-state index in [1.54, 1.807) is 53.6 Å². The summed E-state index contributed by atoms with van der Waals surface area (Å²) >= 11 is 0. The number of fused-ring (bicyclic) bond motifs is 1. The summed E-state index contributed by atoms with van der Waals surface area (Å²) in [6.07, 6.45) is -0.0465. The Balaban J connectivity index is 1.49. The first-order valence-electron chi connectivity index (χ1n) is 11.0. The fourth-order valence-corrected chi connectivity index (χ4v) is 4.39. The Morgan fingerprint density at radius 3 is 2.24 bits per heavy atom. The fourth-order valence-electron chi connectivity index (χ4n) is 4.39. The minimum absolute atomic E-state index is 0.126. The van der Waals surface area contributed by atoms with E-state index in [0.29, 0.717) is 18.0 Å². The van der Waals surface area contributed by atoms with E-state index in [-0.39, 0.29) is 11.7 Å². The first-order chi connectivity index (χ1) is 16.1. The largest absolute Gasteiger partial charge is 0.508 e. The maximum absolute atomic E-state index is 13.6. The van der Waals surface area contributed by atoms with Gasteiger partial charge in [0, 0.05) is 0 Å². The average molecular weight is 444 g/mol. The van der Waals surface area contributed by atoms with Crippen molar-refractivity contribution in [3.8, 4) is 11.5 Å². The van der Waals surface area contributed by atoms with Crippen LogP contribution in [0.4, 0.5) is 11.4 Å². The van der Waals surface area contributed by atoms with Gasteiger partial charge in [0.05, 0.1) is 24.0 Å². The second-order valence-electron chi connectivity index (χ2n) is 8.10. The van der Waals surface area contributed by atoms with Gasteiger partial charge in [-0.2, -0.15) is 0 Å². The molecular weight excluding hydrogens is 420 g/mol. The third-order valence-corrected chi connectivity index (χ3v) is 5.93. The van der Waals surface area contributed by atoms with Crippen LogP contribution in [0.1, 0.15) is 24.9 Å². The lowest BCUT2D eigenvalue weighted by Crippen LogP contribution is -2.37. The number of carbonyl (C=O) groups excluding carboxylic acids is 2. The standard InChI is InChI=1S/C26H24N2O5/c1-2-16-32-21-14-10-18(11-15-21)27-25(30)22-23(17-8-12-20(29)13-9-17)28(33-24(22)26(27)31)19-6-4-3-5-7-19/h3-15,22-24,29H,2,16H2,1H3/t22-,23+,24-/m0/s1. The van der Waals surface area contributed by atoms with Gasteiger partial charge < -0.3 is 9.84 Å². The molecule has 2 aliphatic rings. The predicted molar refractivity (Wildman–Crippen MR) is 123 cm³/mol. The SMILES string of the molecule is CCCOc1ccc(N2C(=O)[C@@H]3[C@H](ON(c4ccccc4)[C@@H]3c3ccc(O)cc3)C2=O)cc1. The van der Waals surface area contributed by atoms with Crippen molar-refractivity contribution in [2.75, 3.05) is 16.6 Å². The Bertz CT molecular complexity index is 1150. The van der Waals surface area contributed by atoms with Crippen molar-refractivity contribution in [2.45, 2.75) is 25.5 Å². The highest BCUT2D eigenvalue weighted by Gasteiger charge is 2.60. The third-order valence-electron chi connectivity index (χ3n) is 5.93. The minimum atomic E-state index is -0.937. The van der Waals surface area contributed by atoms with Gasteiger partial charge in [-0.3, -0.25) is 14.4 Å². The van der Waals surface area contributed by atoms with Crippen LogP contribution in [0.15, 0.2) is 78.9 Å². The summed E-state index contributed by atoms with van der Waals surface area (Å²) in [6.45, 7) is 2.63. The predicted octanol–water partition coefficient (Wildman–Crippen LogP) is 4.23. The maximum Gasteiger partial charge on any atom is 0.266 e. The van der Waals surface area contributed by atoms with E-state index < -0.39 is 24.0 Å². The van der Waals surface area contributed by atoms with Gasteiger partial charge in [-0.1, -0.05) is 37.3 Å². The third kappa shape index (κ3) is 3.70. The number of amides is 2. The molecule has 168 valence electrons. The maximum atomic E-state index is 13.6. The molecule has 2 saturated heterocycles. The minimum Gasteiger partial charge on any atom is -0.508 e. The summed E-state index contributed by atoms with van der Waals surface area (Å²) in [4.78, 5) is 34.3. The van der Waals surface area contributed by atoms with Crippen LogP contribution in [-0.4, -0.2) is 29.6 Å². The lowest BCUT2D eigenvalue weighted by molar-refractivity contribution is -0.126. The van der Waals surface area contributed by atoms with Gasteiger partial charge in [0.15, 0.2) is 6.10 Å². The molecule has 3 aromatic carbocycles. The number of carbonyl (C=O) groups is 2. The van der Waals surface area contributed by atoms with Crippen molar-refractivity contribution in [1.29, 1.82) is 0 Å². The highest BCUT2D eigenvalue weighted by atomic mass is 16.7. The molecule has 2 fully saturated rings. The van der Waals surface area contributed by atoms with Crippen LogP contribution < -0.4 is 14.7 Å². The Morgan fingerprint density at radius 2 is 1.58 bits per heavy atom. The van der Waals surface area contributed by atoms with Crippen molar-refractivity contribution in [2.24, 2.45) is 5.92 Å². The monoisotopic (exact) mass is 444 g/mol. The summed E-state index contributed by atoms with van der Waals surface area (Å²) in [5, 5.41) is 11.4. The van der Waals surface area contributed by atoms with Crippen molar-refractivity contribution >= 4 is 23.2 Å². The van der Waals surface area contributed by atoms with E-state index in [9.17, 15) is 14.7 Å². The lowest BCUT2D eigenvalue weighted by atomic mass is 9.90. The first kappa shape index (κ1) is 21.0. The van der Waals surface area contributed by atoms with Gasteiger partial charge in [0.2, 0.25) is 5.91 Å². The first-order valence-corrected chi connectivity index (χ1v) is 11.0. The number of ether oxygens (including phenoxy) is 1. The van der Waals surface area contributed by atoms with Gasteiger partial charge in [-0.15, -0.1) is 0 Å². The van der Waals surface area contributed by atoms with Crippen LogP contribution >= 0.6 is 0 Å². The molecule has 0 saturated carbocycles.